The molecule has 14 nitrogen and oxygen atoms in total. The Hall–Kier alpha value is -3.00. The fourth-order valence-corrected chi connectivity index (χ4v) is 8.85. The molecule has 260 valence electrons. The Bertz CT molecular complexity index is 1590. The molecular weight excluding hydrogens is 647 g/mol. The predicted octanol–water partition coefficient (Wildman–Crippen LogP) is -1.09. The molecular formula is C32H41FN6O8S. The lowest BCUT2D eigenvalue weighted by Gasteiger charge is -2.47. The molecule has 5 aliphatic rings. The third kappa shape index (κ3) is 5.54. The smallest absolute Gasteiger partial charge is 0.132 e. The first kappa shape index (κ1) is 33.5. The van der Waals surface area contributed by atoms with E-state index in [4.69, 9.17) is 9.47 Å². The van der Waals surface area contributed by atoms with Crippen LogP contribution >= 0.6 is 11.8 Å². The third-order valence-corrected chi connectivity index (χ3v) is 11.3. The first-order chi connectivity index (χ1) is 23.0. The van der Waals surface area contributed by atoms with Gasteiger partial charge in [0, 0.05) is 37.6 Å². The Balaban J connectivity index is 1.15. The van der Waals surface area contributed by atoms with E-state index < -0.39 is 84.0 Å². The summed E-state index contributed by atoms with van der Waals surface area (Å²) in [5.41, 5.74) is 7.42. The van der Waals surface area contributed by atoms with Gasteiger partial charge in [0.15, 0.2) is 0 Å². The summed E-state index contributed by atoms with van der Waals surface area (Å²) in [4.78, 5) is 0. The predicted molar refractivity (Wildman–Crippen MR) is 172 cm³/mol. The lowest BCUT2D eigenvalue weighted by atomic mass is 9.95. The maximum absolute atomic E-state index is 14.0. The highest BCUT2D eigenvalue weighted by Crippen LogP contribution is 2.58. The van der Waals surface area contributed by atoms with Crippen LogP contribution in [0.3, 0.4) is 0 Å². The minimum atomic E-state index is -1.69. The van der Waals surface area contributed by atoms with Crippen LogP contribution in [0.1, 0.15) is 16.7 Å². The maximum Gasteiger partial charge on any atom is 0.132 e. The van der Waals surface area contributed by atoms with Gasteiger partial charge in [-0.2, -0.15) is 0 Å². The minimum absolute atomic E-state index is 0.423. The zero-order chi connectivity index (χ0) is 34.1. The normalized spacial score (nSPS) is 38.3. The van der Waals surface area contributed by atoms with Crippen molar-refractivity contribution in [3.63, 3.8) is 0 Å². The lowest BCUT2D eigenvalue weighted by Crippen LogP contribution is -2.65. The number of rotatable bonds is 8. The lowest BCUT2D eigenvalue weighted by molar-refractivity contribution is -0.208. The first-order valence-electron chi connectivity index (χ1n) is 15.7. The van der Waals surface area contributed by atoms with Gasteiger partial charge in [-0.25, -0.2) is 4.39 Å². The fraction of sp³-hybridized carbons (Fsp3) is 0.500. The van der Waals surface area contributed by atoms with Gasteiger partial charge in [0.2, 0.25) is 0 Å². The number of thioether (sulfide) groups is 1. The van der Waals surface area contributed by atoms with E-state index in [2.05, 4.69) is 10.9 Å². The SMILES string of the molecule is Cc1cccc(C2=CN(C3C(O)[C@H](S[C@@H]4C5O[C@H](CO)C(O)C(N6C=C(c7cccc(F)c7)NN6C)[C@@]54O)OC(CO)[C@@H]3O)N(C)N2)c1. The van der Waals surface area contributed by atoms with Crippen LogP contribution in [-0.4, -0.2) is 143 Å². The molecule has 11 atom stereocenters. The molecule has 16 heteroatoms. The van der Waals surface area contributed by atoms with Gasteiger partial charge in [0.1, 0.15) is 65.6 Å². The van der Waals surface area contributed by atoms with Crippen molar-refractivity contribution in [2.24, 2.45) is 0 Å². The number of fused-ring (bicyclic) bond motifs is 1. The average Bonchev–Trinajstić information content (AvgIpc) is 3.29. The summed E-state index contributed by atoms with van der Waals surface area (Å²) in [6.07, 6.45) is -3.49. The number of benzene rings is 2. The van der Waals surface area contributed by atoms with E-state index in [0.29, 0.717) is 11.3 Å². The van der Waals surface area contributed by atoms with E-state index in [1.54, 1.807) is 58.9 Å². The molecule has 2 aromatic rings. The maximum atomic E-state index is 14.0. The van der Waals surface area contributed by atoms with Crippen LogP contribution in [0.2, 0.25) is 0 Å². The molecule has 0 amide bonds. The number of aryl methyl sites for hydroxylation is 1. The summed E-state index contributed by atoms with van der Waals surface area (Å²) in [6.45, 7) is 0.944. The Morgan fingerprint density at radius 1 is 0.833 bits per heavy atom. The molecule has 4 heterocycles. The Morgan fingerprint density at radius 3 is 2.08 bits per heavy atom. The van der Waals surface area contributed by atoms with Crippen molar-refractivity contribution in [3.8, 4) is 0 Å². The quantitative estimate of drug-likeness (QED) is 0.168. The largest absolute Gasteiger partial charge is 0.394 e. The van der Waals surface area contributed by atoms with Crippen LogP contribution in [-0.2, 0) is 9.47 Å². The molecule has 0 spiro atoms. The number of aliphatic hydroxyl groups excluding tert-OH is 5. The summed E-state index contributed by atoms with van der Waals surface area (Å²) in [5, 5.41) is 72.6. The Kier molecular flexibility index (Phi) is 8.87. The number of nitrogens with one attached hydrogen (secondary N) is 2. The summed E-state index contributed by atoms with van der Waals surface area (Å²) in [6, 6.07) is 11.9. The standard InChI is InChI=1S/C32H41FN6O8S/c1-16-6-4-7-17(10-16)20-12-38(36(2)34-20)24-25(42)22(14-40)47-31(27(24)44)48-30-29-32(30,45)28(26(43)23(15-41)46-29)39-13-21(35-37(39)3)18-8-5-9-19(33)11-18/h4-13,22-31,34-35,40-45H,14-15H2,1-3H3/t22?,23-,24?,25+,26?,27?,28?,29?,30-,31+,32-/m1/s1. The van der Waals surface area contributed by atoms with Crippen LogP contribution in [0.15, 0.2) is 60.9 Å². The second-order valence-electron chi connectivity index (χ2n) is 12.9. The average molecular weight is 689 g/mol. The molecule has 7 rings (SSSR count). The molecule has 8 N–H and O–H groups in total. The van der Waals surface area contributed by atoms with Crippen molar-refractivity contribution in [1.29, 1.82) is 0 Å². The number of nitrogens with zero attached hydrogens (tertiary/aromatic N) is 4. The highest BCUT2D eigenvalue weighted by atomic mass is 32.2. The van der Waals surface area contributed by atoms with Gasteiger partial charge >= 0.3 is 0 Å². The minimum Gasteiger partial charge on any atom is -0.394 e. The van der Waals surface area contributed by atoms with E-state index in [1.165, 1.54) is 12.1 Å². The molecule has 6 unspecified atom stereocenters. The van der Waals surface area contributed by atoms with Gasteiger partial charge in [0.25, 0.3) is 0 Å². The number of hydrogen-bond donors (Lipinski definition) is 8. The zero-order valence-electron chi connectivity index (χ0n) is 26.5. The number of aliphatic hydroxyl groups is 6. The highest BCUT2D eigenvalue weighted by Gasteiger charge is 2.77. The fourth-order valence-electron chi connectivity index (χ4n) is 7.19. The number of ether oxygens (including phenoxy) is 2. The van der Waals surface area contributed by atoms with Crippen LogP contribution < -0.4 is 10.9 Å². The molecule has 4 aliphatic heterocycles. The zero-order valence-corrected chi connectivity index (χ0v) is 27.4. The van der Waals surface area contributed by atoms with Crippen molar-refractivity contribution in [1.82, 2.24) is 31.1 Å². The van der Waals surface area contributed by atoms with E-state index in [1.807, 2.05) is 31.2 Å². The summed E-state index contributed by atoms with van der Waals surface area (Å²) >= 11 is 1.08. The molecule has 2 aromatic carbocycles. The van der Waals surface area contributed by atoms with Crippen LogP contribution in [0.5, 0.6) is 0 Å². The molecule has 0 radical (unpaired) electrons. The molecule has 3 fully saturated rings. The molecule has 0 bridgehead atoms. The Morgan fingerprint density at radius 2 is 1.44 bits per heavy atom. The number of hydrazine groups is 4. The van der Waals surface area contributed by atoms with Gasteiger partial charge in [-0.3, -0.25) is 20.9 Å². The van der Waals surface area contributed by atoms with Gasteiger partial charge in [-0.05, 0) is 25.1 Å². The summed E-state index contributed by atoms with van der Waals surface area (Å²) in [5.74, 6) is -0.423. The van der Waals surface area contributed by atoms with Crippen LogP contribution in [0.25, 0.3) is 11.4 Å². The van der Waals surface area contributed by atoms with E-state index in [0.717, 1.165) is 28.6 Å². The van der Waals surface area contributed by atoms with Crippen molar-refractivity contribution in [3.05, 3.63) is 83.4 Å². The van der Waals surface area contributed by atoms with E-state index in [9.17, 15) is 35.0 Å². The molecule has 48 heavy (non-hydrogen) atoms. The van der Waals surface area contributed by atoms with Crippen LogP contribution in [0.4, 0.5) is 4.39 Å². The van der Waals surface area contributed by atoms with Crippen molar-refractivity contribution >= 4 is 23.2 Å². The second-order valence-corrected chi connectivity index (χ2v) is 14.1. The summed E-state index contributed by atoms with van der Waals surface area (Å²) < 4.78 is 26.0. The molecule has 2 saturated heterocycles. The number of halogens is 1. The van der Waals surface area contributed by atoms with Gasteiger partial charge < -0.3 is 40.1 Å². The second kappa shape index (κ2) is 12.7. The van der Waals surface area contributed by atoms with Crippen molar-refractivity contribution in [2.45, 2.75) is 71.9 Å². The third-order valence-electron chi connectivity index (χ3n) is 9.72. The van der Waals surface area contributed by atoms with E-state index >= 15 is 0 Å². The van der Waals surface area contributed by atoms with Crippen LogP contribution in [0, 0.1) is 12.7 Å². The molecule has 0 aromatic heterocycles. The van der Waals surface area contributed by atoms with Gasteiger partial charge in [-0.15, -0.1) is 22.0 Å². The van der Waals surface area contributed by atoms with E-state index in [-0.39, 0.29) is 0 Å². The number of hydrogen-bond acceptors (Lipinski definition) is 15. The molecule has 1 saturated carbocycles. The first-order valence-corrected chi connectivity index (χ1v) is 16.7. The monoisotopic (exact) mass is 688 g/mol. The highest BCUT2D eigenvalue weighted by molar-refractivity contribution is 8.00. The van der Waals surface area contributed by atoms with Gasteiger partial charge in [-0.1, -0.05) is 35.9 Å². The van der Waals surface area contributed by atoms with Gasteiger partial charge in [0.05, 0.1) is 29.9 Å². The Labute approximate surface area is 281 Å². The molecule has 1 aliphatic carbocycles. The van der Waals surface area contributed by atoms with Crippen molar-refractivity contribution in [2.75, 3.05) is 27.3 Å². The topological polar surface area (TPSA) is 177 Å². The van der Waals surface area contributed by atoms with Crippen molar-refractivity contribution < 1.29 is 44.5 Å². The summed E-state index contributed by atoms with van der Waals surface area (Å²) in [7, 11) is 3.41.